The summed E-state index contributed by atoms with van der Waals surface area (Å²) in [5, 5.41) is 7.78. The fraction of sp³-hybridized carbons (Fsp3) is 0.207. The number of methoxy groups -OCH3 is 1. The Bertz CT molecular complexity index is 1440. The lowest BCUT2D eigenvalue weighted by molar-refractivity contribution is -0.126. The zero-order chi connectivity index (χ0) is 26.0. The number of aromatic nitrogens is 2. The van der Waals surface area contributed by atoms with Crippen LogP contribution in [-0.4, -0.2) is 40.5 Å². The lowest BCUT2D eigenvalue weighted by Gasteiger charge is -2.43. The molecule has 4 aromatic rings. The third kappa shape index (κ3) is 4.72. The molecule has 1 atom stereocenters. The number of fused-ring (bicyclic) bond motifs is 1. The number of thioether (sulfide) groups is 1. The van der Waals surface area contributed by atoms with Gasteiger partial charge in [-0.1, -0.05) is 36.4 Å². The molecular formula is C29H28N4O3S. The number of ether oxygens (including phenoxy) is 1. The van der Waals surface area contributed by atoms with Gasteiger partial charge in [0.2, 0.25) is 5.91 Å². The highest BCUT2D eigenvalue weighted by Gasteiger charge is 2.49. The van der Waals surface area contributed by atoms with Gasteiger partial charge in [0.15, 0.2) is 0 Å². The predicted octanol–water partition coefficient (Wildman–Crippen LogP) is 5.02. The molecule has 1 aliphatic rings. The molecule has 1 aromatic heterocycles. The fourth-order valence-corrected chi connectivity index (χ4v) is 5.06. The number of benzene rings is 3. The third-order valence-corrected chi connectivity index (χ3v) is 7.36. The van der Waals surface area contributed by atoms with Crippen LogP contribution in [0.3, 0.4) is 0 Å². The maximum absolute atomic E-state index is 14.0. The van der Waals surface area contributed by atoms with Crippen LogP contribution in [0.1, 0.15) is 23.0 Å². The Labute approximate surface area is 220 Å². The Hall–Kier alpha value is -4.04. The van der Waals surface area contributed by atoms with Crippen LogP contribution in [-0.2, 0) is 17.9 Å². The van der Waals surface area contributed by atoms with Crippen molar-refractivity contribution >= 4 is 29.3 Å². The van der Waals surface area contributed by atoms with Crippen LogP contribution >= 0.6 is 11.8 Å². The predicted molar refractivity (Wildman–Crippen MR) is 146 cm³/mol. The number of carbonyl (C=O) groups excluding carboxylic acids is 2. The molecule has 188 valence electrons. The molecule has 2 heterocycles. The van der Waals surface area contributed by atoms with Gasteiger partial charge < -0.3 is 10.1 Å². The Morgan fingerprint density at radius 2 is 1.81 bits per heavy atom. The molecule has 0 aliphatic carbocycles. The molecule has 1 unspecified atom stereocenters. The molecule has 5 rings (SSSR count). The molecule has 7 nitrogen and oxygen atoms in total. The lowest BCUT2D eigenvalue weighted by Crippen LogP contribution is -2.64. The number of rotatable bonds is 7. The van der Waals surface area contributed by atoms with Crippen molar-refractivity contribution in [2.45, 2.75) is 30.4 Å². The van der Waals surface area contributed by atoms with Gasteiger partial charge >= 0.3 is 0 Å². The van der Waals surface area contributed by atoms with E-state index >= 15 is 0 Å². The standard InChI is InChI=1S/C29H28N4O3S/c1-29(28(35)30-18-20-8-5-4-6-9-20)19-32-26(17-25(31-32)21-12-14-23(36-2)15-13-21)27(34)33(29)22-10-7-11-24(16-22)37-3/h4-17H,18-19H2,1-3H3,(H,30,35). The first-order chi connectivity index (χ1) is 17.9. The van der Waals surface area contributed by atoms with Crippen molar-refractivity contribution in [3.8, 4) is 17.0 Å². The van der Waals surface area contributed by atoms with Crippen LogP contribution in [0.5, 0.6) is 5.75 Å². The molecule has 0 spiro atoms. The summed E-state index contributed by atoms with van der Waals surface area (Å²) in [5.74, 6) is 0.229. The lowest BCUT2D eigenvalue weighted by atomic mass is 9.93. The van der Waals surface area contributed by atoms with Crippen molar-refractivity contribution in [1.29, 1.82) is 0 Å². The maximum atomic E-state index is 14.0. The number of hydrogen-bond donors (Lipinski definition) is 1. The van der Waals surface area contributed by atoms with Gasteiger partial charge in [-0.3, -0.25) is 19.2 Å². The van der Waals surface area contributed by atoms with Gasteiger partial charge in [-0.25, -0.2) is 0 Å². The Kier molecular flexibility index (Phi) is 6.76. The summed E-state index contributed by atoms with van der Waals surface area (Å²) in [6.07, 6.45) is 1.99. The van der Waals surface area contributed by atoms with Crippen molar-refractivity contribution in [1.82, 2.24) is 15.1 Å². The molecule has 2 amide bonds. The van der Waals surface area contributed by atoms with Crippen LogP contribution in [0, 0.1) is 0 Å². The number of anilines is 1. The van der Waals surface area contributed by atoms with Gasteiger partial charge in [0, 0.05) is 22.7 Å². The Morgan fingerprint density at radius 3 is 2.51 bits per heavy atom. The number of hydrogen-bond acceptors (Lipinski definition) is 5. The first-order valence-corrected chi connectivity index (χ1v) is 13.2. The normalized spacial score (nSPS) is 16.8. The average Bonchev–Trinajstić information content (AvgIpc) is 3.36. The molecule has 0 radical (unpaired) electrons. The van der Waals surface area contributed by atoms with Gasteiger partial charge in [-0.05, 0) is 67.3 Å². The zero-order valence-corrected chi connectivity index (χ0v) is 21.8. The number of nitrogens with one attached hydrogen (secondary N) is 1. The average molecular weight is 513 g/mol. The quantitative estimate of drug-likeness (QED) is 0.352. The molecule has 0 saturated carbocycles. The summed E-state index contributed by atoms with van der Waals surface area (Å²) < 4.78 is 6.91. The van der Waals surface area contributed by atoms with E-state index in [1.165, 1.54) is 0 Å². The smallest absolute Gasteiger partial charge is 0.277 e. The molecule has 1 aliphatic heterocycles. The topological polar surface area (TPSA) is 76.5 Å². The van der Waals surface area contributed by atoms with Crippen LogP contribution in [0.25, 0.3) is 11.3 Å². The Morgan fingerprint density at radius 1 is 1.05 bits per heavy atom. The van der Waals surface area contributed by atoms with E-state index in [0.29, 0.717) is 23.6 Å². The monoisotopic (exact) mass is 512 g/mol. The largest absolute Gasteiger partial charge is 0.497 e. The first-order valence-electron chi connectivity index (χ1n) is 12.0. The van der Waals surface area contributed by atoms with Gasteiger partial charge in [-0.2, -0.15) is 5.10 Å². The Balaban J connectivity index is 1.54. The van der Waals surface area contributed by atoms with Gasteiger partial charge in [0.25, 0.3) is 5.91 Å². The van der Waals surface area contributed by atoms with Crippen LogP contribution in [0.15, 0.2) is 89.8 Å². The van der Waals surface area contributed by atoms with E-state index in [9.17, 15) is 9.59 Å². The summed E-state index contributed by atoms with van der Waals surface area (Å²) in [6.45, 7) is 2.38. The summed E-state index contributed by atoms with van der Waals surface area (Å²) in [4.78, 5) is 30.4. The van der Waals surface area contributed by atoms with Crippen molar-refractivity contribution in [3.05, 3.63) is 96.2 Å². The van der Waals surface area contributed by atoms with E-state index in [-0.39, 0.29) is 18.4 Å². The molecule has 0 bridgehead atoms. The minimum atomic E-state index is -1.20. The highest BCUT2D eigenvalue weighted by Crippen LogP contribution is 2.35. The van der Waals surface area contributed by atoms with Gasteiger partial charge in [-0.15, -0.1) is 11.8 Å². The summed E-state index contributed by atoms with van der Waals surface area (Å²) in [7, 11) is 1.62. The second kappa shape index (κ2) is 10.1. The first kappa shape index (κ1) is 24.6. The van der Waals surface area contributed by atoms with E-state index in [1.807, 2.05) is 85.1 Å². The molecular weight excluding hydrogens is 484 g/mol. The van der Waals surface area contributed by atoms with E-state index in [4.69, 9.17) is 9.84 Å². The van der Waals surface area contributed by atoms with Crippen molar-refractivity contribution < 1.29 is 14.3 Å². The number of nitrogens with zero attached hydrogens (tertiary/aromatic N) is 3. The van der Waals surface area contributed by atoms with Crippen molar-refractivity contribution in [2.24, 2.45) is 0 Å². The maximum Gasteiger partial charge on any atom is 0.277 e. The molecule has 1 N–H and O–H groups in total. The second-order valence-electron chi connectivity index (χ2n) is 9.09. The summed E-state index contributed by atoms with van der Waals surface area (Å²) in [5.41, 5.74) is 2.43. The fourth-order valence-electron chi connectivity index (χ4n) is 4.61. The van der Waals surface area contributed by atoms with E-state index < -0.39 is 5.54 Å². The van der Waals surface area contributed by atoms with Gasteiger partial charge in [0.1, 0.15) is 17.0 Å². The minimum absolute atomic E-state index is 0.217. The molecule has 0 fully saturated rings. The van der Waals surface area contributed by atoms with Crippen molar-refractivity contribution in [2.75, 3.05) is 18.3 Å². The van der Waals surface area contributed by atoms with Crippen LogP contribution in [0.4, 0.5) is 5.69 Å². The van der Waals surface area contributed by atoms with E-state index in [0.717, 1.165) is 21.8 Å². The summed E-state index contributed by atoms with van der Waals surface area (Å²) in [6, 6.07) is 26.8. The van der Waals surface area contributed by atoms with Crippen LogP contribution < -0.4 is 15.0 Å². The number of carbonyl (C=O) groups is 2. The van der Waals surface area contributed by atoms with Gasteiger partial charge in [0.05, 0.1) is 19.3 Å². The highest BCUT2D eigenvalue weighted by atomic mass is 32.2. The zero-order valence-electron chi connectivity index (χ0n) is 21.0. The van der Waals surface area contributed by atoms with E-state index in [2.05, 4.69) is 5.32 Å². The second-order valence-corrected chi connectivity index (χ2v) is 9.96. The van der Waals surface area contributed by atoms with Crippen molar-refractivity contribution in [3.63, 3.8) is 0 Å². The third-order valence-electron chi connectivity index (χ3n) is 6.64. The number of amides is 2. The molecule has 3 aromatic carbocycles. The molecule has 37 heavy (non-hydrogen) atoms. The van der Waals surface area contributed by atoms with Crippen LogP contribution in [0.2, 0.25) is 0 Å². The molecule has 8 heteroatoms. The summed E-state index contributed by atoms with van der Waals surface area (Å²) >= 11 is 1.59. The highest BCUT2D eigenvalue weighted by molar-refractivity contribution is 7.98. The molecule has 0 saturated heterocycles. The van der Waals surface area contributed by atoms with E-state index in [1.54, 1.807) is 41.4 Å². The minimum Gasteiger partial charge on any atom is -0.497 e. The SMILES string of the molecule is COc1ccc(-c2cc3n(n2)CC(C)(C(=O)NCc2ccccc2)N(c2cccc(SC)c2)C3=O)cc1.